The van der Waals surface area contributed by atoms with Crippen LogP contribution in [-0.4, -0.2) is 41.1 Å². The first-order valence-electron chi connectivity index (χ1n) is 6.20. The van der Waals surface area contributed by atoms with E-state index in [1.165, 1.54) is 38.6 Å². The summed E-state index contributed by atoms with van der Waals surface area (Å²) in [4.78, 5) is 2.63. The first kappa shape index (κ1) is 11.9. The van der Waals surface area contributed by atoms with Crippen LogP contribution in [0.3, 0.4) is 0 Å². The minimum absolute atomic E-state index is 0.338. The number of aliphatic hydroxyl groups is 1. The summed E-state index contributed by atoms with van der Waals surface area (Å²) >= 11 is 3.64. The van der Waals surface area contributed by atoms with Crippen LogP contribution in [0.5, 0.6) is 0 Å². The maximum atomic E-state index is 8.92. The molecule has 0 heterocycles. The van der Waals surface area contributed by atoms with Gasteiger partial charge in [0.25, 0.3) is 0 Å². The smallest absolute Gasteiger partial charge is 0.0443 e. The van der Waals surface area contributed by atoms with E-state index in [1.807, 2.05) is 0 Å². The molecule has 0 aromatic heterocycles. The highest BCUT2D eigenvalue weighted by Crippen LogP contribution is 2.48. The SMILES string of the molecule is OCCCN(CC1(CBr)CC1)C1CCC1. The largest absolute Gasteiger partial charge is 0.396 e. The minimum atomic E-state index is 0.338. The van der Waals surface area contributed by atoms with Crippen molar-refractivity contribution in [1.29, 1.82) is 0 Å². The van der Waals surface area contributed by atoms with E-state index in [4.69, 9.17) is 5.11 Å². The molecule has 0 atom stereocenters. The highest BCUT2D eigenvalue weighted by molar-refractivity contribution is 9.09. The third kappa shape index (κ3) is 2.95. The van der Waals surface area contributed by atoms with Crippen LogP contribution in [-0.2, 0) is 0 Å². The van der Waals surface area contributed by atoms with E-state index < -0.39 is 0 Å². The summed E-state index contributed by atoms with van der Waals surface area (Å²) in [5.41, 5.74) is 0.588. The van der Waals surface area contributed by atoms with Gasteiger partial charge in [0.05, 0.1) is 0 Å². The summed E-state index contributed by atoms with van der Waals surface area (Å²) in [5.74, 6) is 0. The van der Waals surface area contributed by atoms with Gasteiger partial charge in [-0.1, -0.05) is 22.4 Å². The quantitative estimate of drug-likeness (QED) is 0.722. The molecule has 2 nitrogen and oxygen atoms in total. The summed E-state index contributed by atoms with van der Waals surface area (Å²) in [7, 11) is 0. The van der Waals surface area contributed by atoms with Gasteiger partial charge < -0.3 is 5.11 Å². The summed E-state index contributed by atoms with van der Waals surface area (Å²) in [6.07, 6.45) is 7.88. The van der Waals surface area contributed by atoms with Gasteiger partial charge in [-0.05, 0) is 37.5 Å². The molecule has 0 aliphatic heterocycles. The Morgan fingerprint density at radius 1 is 1.33 bits per heavy atom. The maximum absolute atomic E-state index is 8.92. The molecular weight excluding hydrogens is 254 g/mol. The first-order valence-corrected chi connectivity index (χ1v) is 7.33. The molecule has 1 N–H and O–H groups in total. The summed E-state index contributed by atoms with van der Waals surface area (Å²) in [5, 5.41) is 10.1. The molecule has 2 aliphatic carbocycles. The number of halogens is 1. The Hall–Kier alpha value is 0.400. The minimum Gasteiger partial charge on any atom is -0.396 e. The van der Waals surface area contributed by atoms with E-state index in [0.29, 0.717) is 12.0 Å². The zero-order valence-corrected chi connectivity index (χ0v) is 11.0. The average molecular weight is 276 g/mol. The fourth-order valence-corrected chi connectivity index (χ4v) is 3.10. The second kappa shape index (κ2) is 5.15. The Bertz CT molecular complexity index is 202. The summed E-state index contributed by atoms with van der Waals surface area (Å²) in [6.45, 7) is 2.68. The zero-order chi connectivity index (χ0) is 10.7. The fourth-order valence-electron chi connectivity index (χ4n) is 2.36. The molecule has 2 aliphatic rings. The van der Waals surface area contributed by atoms with Crippen LogP contribution in [0, 0.1) is 5.41 Å². The van der Waals surface area contributed by atoms with Gasteiger partial charge in [0, 0.05) is 31.1 Å². The first-order chi connectivity index (χ1) is 7.29. The topological polar surface area (TPSA) is 23.5 Å². The predicted molar refractivity (Wildman–Crippen MR) is 66.4 cm³/mol. The lowest BCUT2D eigenvalue weighted by Gasteiger charge is -2.39. The molecule has 0 saturated heterocycles. The van der Waals surface area contributed by atoms with Gasteiger partial charge in [0.15, 0.2) is 0 Å². The van der Waals surface area contributed by atoms with Crippen molar-refractivity contribution in [1.82, 2.24) is 4.90 Å². The Morgan fingerprint density at radius 3 is 2.47 bits per heavy atom. The average Bonchev–Trinajstić information content (AvgIpc) is 2.92. The molecule has 2 saturated carbocycles. The lowest BCUT2D eigenvalue weighted by atomic mass is 9.90. The summed E-state index contributed by atoms with van der Waals surface area (Å²) < 4.78 is 0. The van der Waals surface area contributed by atoms with Gasteiger partial charge in [0.1, 0.15) is 0 Å². The fraction of sp³-hybridized carbons (Fsp3) is 1.00. The van der Waals surface area contributed by atoms with E-state index in [1.54, 1.807) is 0 Å². The Labute approximate surface area is 101 Å². The second-order valence-electron chi connectivity index (χ2n) is 5.27. The van der Waals surface area contributed by atoms with E-state index in [2.05, 4.69) is 20.8 Å². The zero-order valence-electron chi connectivity index (χ0n) is 9.42. The van der Waals surface area contributed by atoms with Crippen molar-refractivity contribution in [3.63, 3.8) is 0 Å². The van der Waals surface area contributed by atoms with Gasteiger partial charge in [0.2, 0.25) is 0 Å². The maximum Gasteiger partial charge on any atom is 0.0443 e. The lowest BCUT2D eigenvalue weighted by Crippen LogP contribution is -2.44. The van der Waals surface area contributed by atoms with Crippen molar-refractivity contribution in [3.05, 3.63) is 0 Å². The third-order valence-corrected chi connectivity index (χ3v) is 5.16. The van der Waals surface area contributed by atoms with Gasteiger partial charge in [-0.25, -0.2) is 0 Å². The predicted octanol–water partition coefficient (Wildman–Crippen LogP) is 2.40. The molecule has 15 heavy (non-hydrogen) atoms. The number of rotatable bonds is 7. The molecule has 0 aromatic carbocycles. The number of hydrogen-bond acceptors (Lipinski definition) is 2. The van der Waals surface area contributed by atoms with Crippen LogP contribution < -0.4 is 0 Å². The van der Waals surface area contributed by atoms with E-state index in [-0.39, 0.29) is 0 Å². The number of aliphatic hydroxyl groups excluding tert-OH is 1. The van der Waals surface area contributed by atoms with Crippen molar-refractivity contribution in [2.75, 3.05) is 25.0 Å². The van der Waals surface area contributed by atoms with Crippen molar-refractivity contribution >= 4 is 15.9 Å². The van der Waals surface area contributed by atoms with Crippen LogP contribution in [0.4, 0.5) is 0 Å². The molecule has 0 amide bonds. The highest BCUT2D eigenvalue weighted by Gasteiger charge is 2.44. The van der Waals surface area contributed by atoms with Gasteiger partial charge in [-0.15, -0.1) is 0 Å². The van der Waals surface area contributed by atoms with Crippen LogP contribution in [0.15, 0.2) is 0 Å². The molecule has 2 fully saturated rings. The molecular formula is C12H22BrNO. The van der Waals surface area contributed by atoms with Crippen LogP contribution in [0.2, 0.25) is 0 Å². The number of hydrogen-bond donors (Lipinski definition) is 1. The normalized spacial score (nSPS) is 24.2. The monoisotopic (exact) mass is 275 g/mol. The highest BCUT2D eigenvalue weighted by atomic mass is 79.9. The van der Waals surface area contributed by atoms with E-state index in [9.17, 15) is 0 Å². The van der Waals surface area contributed by atoms with Gasteiger partial charge >= 0.3 is 0 Å². The van der Waals surface area contributed by atoms with Crippen LogP contribution in [0.1, 0.15) is 38.5 Å². The van der Waals surface area contributed by atoms with Crippen molar-refractivity contribution in [3.8, 4) is 0 Å². The second-order valence-corrected chi connectivity index (χ2v) is 5.83. The van der Waals surface area contributed by atoms with Crippen LogP contribution >= 0.6 is 15.9 Å². The Kier molecular flexibility index (Phi) is 4.08. The van der Waals surface area contributed by atoms with E-state index in [0.717, 1.165) is 24.3 Å². The molecule has 0 aromatic rings. The standard InChI is InChI=1S/C12H22BrNO/c13-9-12(5-6-12)10-14(7-2-8-15)11-3-1-4-11/h11,15H,1-10H2. The molecule has 2 rings (SSSR count). The van der Waals surface area contributed by atoms with Gasteiger partial charge in [-0.3, -0.25) is 4.90 Å². The molecule has 0 radical (unpaired) electrons. The van der Waals surface area contributed by atoms with Crippen LogP contribution in [0.25, 0.3) is 0 Å². The molecule has 0 unspecified atom stereocenters. The Balaban J connectivity index is 1.81. The molecule has 3 heteroatoms. The van der Waals surface area contributed by atoms with Gasteiger partial charge in [-0.2, -0.15) is 0 Å². The van der Waals surface area contributed by atoms with Crippen molar-refractivity contribution < 1.29 is 5.11 Å². The molecule has 0 spiro atoms. The lowest BCUT2D eigenvalue weighted by molar-refractivity contribution is 0.0974. The van der Waals surface area contributed by atoms with E-state index >= 15 is 0 Å². The Morgan fingerprint density at radius 2 is 2.07 bits per heavy atom. The van der Waals surface area contributed by atoms with Crippen molar-refractivity contribution in [2.45, 2.75) is 44.6 Å². The summed E-state index contributed by atoms with van der Waals surface area (Å²) in [6, 6.07) is 0.827. The molecule has 0 bridgehead atoms. The van der Waals surface area contributed by atoms with Crippen molar-refractivity contribution in [2.24, 2.45) is 5.41 Å². The molecule has 88 valence electrons. The number of nitrogens with zero attached hydrogens (tertiary/aromatic N) is 1. The number of alkyl halides is 1. The third-order valence-electron chi connectivity index (χ3n) is 3.97.